The minimum atomic E-state index is -0.311. The van der Waals surface area contributed by atoms with E-state index in [1.807, 2.05) is 71.7 Å². The lowest BCUT2D eigenvalue weighted by atomic mass is 10.1. The van der Waals surface area contributed by atoms with Crippen LogP contribution >= 0.6 is 0 Å². The fraction of sp³-hybridized carbons (Fsp3) is 0.292. The number of para-hydroxylation sites is 2. The first-order valence-corrected chi connectivity index (χ1v) is 10.4. The van der Waals surface area contributed by atoms with Crippen molar-refractivity contribution in [1.29, 1.82) is 0 Å². The first-order chi connectivity index (χ1) is 14.7. The van der Waals surface area contributed by atoms with Gasteiger partial charge in [0, 0.05) is 31.4 Å². The molecular weight excluding hydrogens is 376 g/mol. The number of amides is 2. The Morgan fingerprint density at radius 3 is 2.70 bits per heavy atom. The summed E-state index contributed by atoms with van der Waals surface area (Å²) in [5, 5.41) is 7.37. The number of nitrogens with one attached hydrogen (secondary N) is 1. The van der Waals surface area contributed by atoms with Crippen LogP contribution in [0.1, 0.15) is 24.5 Å². The Kier molecular flexibility index (Phi) is 5.93. The molecule has 1 unspecified atom stereocenters. The third-order valence-corrected chi connectivity index (χ3v) is 5.53. The van der Waals surface area contributed by atoms with E-state index in [1.54, 1.807) is 4.90 Å². The van der Waals surface area contributed by atoms with Crippen molar-refractivity contribution in [3.05, 3.63) is 78.1 Å². The highest BCUT2D eigenvalue weighted by Gasteiger charge is 2.35. The van der Waals surface area contributed by atoms with Crippen LogP contribution in [0.2, 0.25) is 0 Å². The summed E-state index contributed by atoms with van der Waals surface area (Å²) in [6.07, 6.45) is 5.61. The van der Waals surface area contributed by atoms with Crippen molar-refractivity contribution in [2.45, 2.75) is 26.2 Å². The van der Waals surface area contributed by atoms with Crippen molar-refractivity contribution in [3.8, 4) is 5.69 Å². The summed E-state index contributed by atoms with van der Waals surface area (Å²) in [6, 6.07) is 17.8. The minimum Gasteiger partial charge on any atom is -0.355 e. The highest BCUT2D eigenvalue weighted by Crippen LogP contribution is 2.28. The second-order valence-corrected chi connectivity index (χ2v) is 7.56. The van der Waals surface area contributed by atoms with Gasteiger partial charge in [-0.25, -0.2) is 4.68 Å². The van der Waals surface area contributed by atoms with Gasteiger partial charge in [0.15, 0.2) is 0 Å². The van der Waals surface area contributed by atoms with Crippen LogP contribution in [0.25, 0.3) is 5.69 Å². The third kappa shape index (κ3) is 4.27. The second-order valence-electron chi connectivity index (χ2n) is 7.56. The second kappa shape index (κ2) is 8.95. The molecule has 30 heavy (non-hydrogen) atoms. The van der Waals surface area contributed by atoms with Crippen LogP contribution in [-0.4, -0.2) is 34.7 Å². The average Bonchev–Trinajstić information content (AvgIpc) is 3.41. The van der Waals surface area contributed by atoms with Crippen molar-refractivity contribution in [1.82, 2.24) is 15.1 Å². The molecule has 1 atom stereocenters. The van der Waals surface area contributed by atoms with Gasteiger partial charge in [0.05, 0.1) is 17.8 Å². The number of aryl methyl sites for hydroxylation is 1. The molecule has 6 nitrogen and oxygen atoms in total. The first-order valence-electron chi connectivity index (χ1n) is 10.4. The van der Waals surface area contributed by atoms with Gasteiger partial charge < -0.3 is 10.2 Å². The van der Waals surface area contributed by atoms with Crippen molar-refractivity contribution in [2.24, 2.45) is 5.92 Å². The fourth-order valence-corrected chi connectivity index (χ4v) is 3.87. The molecule has 1 aromatic heterocycles. The smallest absolute Gasteiger partial charge is 0.227 e. The SMILES string of the molecule is CCc1ccccc1N1CC(C(=O)NCCc2cnn(-c3ccccc3)c2)CC1=O. The summed E-state index contributed by atoms with van der Waals surface area (Å²) in [5.41, 5.74) is 4.11. The van der Waals surface area contributed by atoms with E-state index in [9.17, 15) is 9.59 Å². The summed E-state index contributed by atoms with van der Waals surface area (Å²) >= 11 is 0. The predicted octanol–water partition coefficient (Wildman–Crippen LogP) is 3.15. The number of hydrogen-bond donors (Lipinski definition) is 1. The molecule has 1 fully saturated rings. The lowest BCUT2D eigenvalue weighted by molar-refractivity contribution is -0.126. The number of hydrogen-bond acceptors (Lipinski definition) is 3. The molecule has 1 aliphatic rings. The maximum Gasteiger partial charge on any atom is 0.227 e. The topological polar surface area (TPSA) is 67.2 Å². The van der Waals surface area contributed by atoms with E-state index in [4.69, 9.17) is 0 Å². The molecule has 2 amide bonds. The highest BCUT2D eigenvalue weighted by molar-refractivity contribution is 6.00. The maximum absolute atomic E-state index is 12.6. The van der Waals surface area contributed by atoms with E-state index in [1.165, 1.54) is 0 Å². The maximum atomic E-state index is 12.6. The number of carbonyl (C=O) groups is 2. The van der Waals surface area contributed by atoms with Gasteiger partial charge in [0.25, 0.3) is 0 Å². The van der Waals surface area contributed by atoms with Gasteiger partial charge in [-0.2, -0.15) is 5.10 Å². The van der Waals surface area contributed by atoms with Crippen LogP contribution in [0.3, 0.4) is 0 Å². The van der Waals surface area contributed by atoms with E-state index in [0.717, 1.165) is 28.9 Å². The third-order valence-electron chi connectivity index (χ3n) is 5.53. The Balaban J connectivity index is 1.31. The molecule has 1 aliphatic heterocycles. The molecule has 2 aromatic carbocycles. The molecule has 1 saturated heterocycles. The van der Waals surface area contributed by atoms with Crippen molar-refractivity contribution < 1.29 is 9.59 Å². The Labute approximate surface area is 176 Å². The number of benzene rings is 2. The fourth-order valence-electron chi connectivity index (χ4n) is 3.87. The van der Waals surface area contributed by atoms with E-state index in [2.05, 4.69) is 17.3 Å². The van der Waals surface area contributed by atoms with E-state index < -0.39 is 0 Å². The van der Waals surface area contributed by atoms with Crippen LogP contribution in [0.15, 0.2) is 67.0 Å². The summed E-state index contributed by atoms with van der Waals surface area (Å²) in [5.74, 6) is -0.357. The molecule has 0 radical (unpaired) electrons. The lowest BCUT2D eigenvalue weighted by Gasteiger charge is -2.20. The Hall–Kier alpha value is -3.41. The van der Waals surface area contributed by atoms with Gasteiger partial charge in [-0.15, -0.1) is 0 Å². The summed E-state index contributed by atoms with van der Waals surface area (Å²) < 4.78 is 1.83. The number of nitrogens with zero attached hydrogens (tertiary/aromatic N) is 3. The largest absolute Gasteiger partial charge is 0.355 e. The number of rotatable bonds is 7. The average molecular weight is 402 g/mol. The monoisotopic (exact) mass is 402 g/mol. The molecule has 0 aliphatic carbocycles. The standard InChI is InChI=1S/C24H26N4O2/c1-2-19-8-6-7-11-22(19)27-17-20(14-23(27)29)24(30)25-13-12-18-15-26-28(16-18)21-9-4-3-5-10-21/h3-11,15-16,20H,2,12-14,17H2,1H3,(H,25,30). The van der Waals surface area contributed by atoms with Gasteiger partial charge in [0.1, 0.15) is 0 Å². The van der Waals surface area contributed by atoms with Crippen LogP contribution < -0.4 is 10.2 Å². The van der Waals surface area contributed by atoms with Gasteiger partial charge in [-0.05, 0) is 42.2 Å². The zero-order valence-electron chi connectivity index (χ0n) is 17.1. The molecule has 154 valence electrons. The highest BCUT2D eigenvalue weighted by atomic mass is 16.2. The molecule has 0 bridgehead atoms. The Morgan fingerprint density at radius 1 is 1.13 bits per heavy atom. The summed E-state index contributed by atoms with van der Waals surface area (Å²) in [6.45, 7) is 3.03. The predicted molar refractivity (Wildman–Crippen MR) is 117 cm³/mol. The van der Waals surface area contributed by atoms with E-state index in [0.29, 0.717) is 19.5 Å². The molecule has 3 aromatic rings. The molecule has 1 N–H and O–H groups in total. The first kappa shape index (κ1) is 19.9. The number of anilines is 1. The van der Waals surface area contributed by atoms with Crippen molar-refractivity contribution in [2.75, 3.05) is 18.0 Å². The van der Waals surface area contributed by atoms with E-state index >= 15 is 0 Å². The zero-order chi connectivity index (χ0) is 20.9. The number of aromatic nitrogens is 2. The normalized spacial score (nSPS) is 16.1. The van der Waals surface area contributed by atoms with Gasteiger partial charge in [-0.1, -0.05) is 43.3 Å². The van der Waals surface area contributed by atoms with Crippen LogP contribution in [0.5, 0.6) is 0 Å². The van der Waals surface area contributed by atoms with Gasteiger partial charge in [0.2, 0.25) is 11.8 Å². The minimum absolute atomic E-state index is 0.0141. The lowest BCUT2D eigenvalue weighted by Crippen LogP contribution is -2.34. The van der Waals surface area contributed by atoms with Gasteiger partial charge in [-0.3, -0.25) is 9.59 Å². The van der Waals surface area contributed by atoms with Gasteiger partial charge >= 0.3 is 0 Å². The Bertz CT molecular complexity index is 1030. The molecule has 0 spiro atoms. The summed E-state index contributed by atoms with van der Waals surface area (Å²) in [7, 11) is 0. The molecule has 6 heteroatoms. The molecule has 2 heterocycles. The molecular formula is C24H26N4O2. The number of carbonyl (C=O) groups excluding carboxylic acids is 2. The summed E-state index contributed by atoms with van der Waals surface area (Å²) in [4.78, 5) is 26.9. The van der Waals surface area contributed by atoms with Crippen LogP contribution in [0.4, 0.5) is 5.69 Å². The van der Waals surface area contributed by atoms with Crippen LogP contribution in [-0.2, 0) is 22.4 Å². The quantitative estimate of drug-likeness (QED) is 0.660. The molecule has 0 saturated carbocycles. The molecule has 4 rings (SSSR count). The zero-order valence-corrected chi connectivity index (χ0v) is 17.1. The van der Waals surface area contributed by atoms with E-state index in [-0.39, 0.29) is 24.2 Å². The van der Waals surface area contributed by atoms with Crippen molar-refractivity contribution in [3.63, 3.8) is 0 Å². The Morgan fingerprint density at radius 2 is 1.90 bits per heavy atom. The van der Waals surface area contributed by atoms with Crippen molar-refractivity contribution >= 4 is 17.5 Å². The van der Waals surface area contributed by atoms with Crippen LogP contribution in [0, 0.1) is 5.92 Å².